The highest BCUT2D eigenvalue weighted by Gasteiger charge is 2.27. The van der Waals surface area contributed by atoms with E-state index < -0.39 is 0 Å². The van der Waals surface area contributed by atoms with Crippen LogP contribution >= 0.6 is 0 Å². The van der Waals surface area contributed by atoms with Gasteiger partial charge in [-0.3, -0.25) is 9.59 Å². The minimum atomic E-state index is -0.346. The van der Waals surface area contributed by atoms with Crippen LogP contribution in [0.15, 0.2) is 53.3 Å². The maximum atomic E-state index is 13.4. The van der Waals surface area contributed by atoms with Crippen molar-refractivity contribution in [2.45, 2.75) is 6.04 Å². The molecule has 2 N–H and O–H groups in total. The second kappa shape index (κ2) is 8.73. The summed E-state index contributed by atoms with van der Waals surface area (Å²) in [4.78, 5) is 26.6. The highest BCUT2D eigenvalue weighted by molar-refractivity contribution is 6.04. The highest BCUT2D eigenvalue weighted by atomic mass is 19.1. The van der Waals surface area contributed by atoms with Gasteiger partial charge in [-0.1, -0.05) is 30.3 Å². The number of ether oxygens (including phenoxy) is 1. The van der Waals surface area contributed by atoms with E-state index in [0.29, 0.717) is 30.5 Å². The number of carbonyl (C=O) groups excluding carboxylic acids is 1. The number of fused-ring (bicyclic) bond motifs is 1. The van der Waals surface area contributed by atoms with E-state index in [1.807, 2.05) is 0 Å². The number of aryl methyl sites for hydroxylation is 1. The van der Waals surface area contributed by atoms with Crippen LogP contribution in [-0.4, -0.2) is 48.5 Å². The van der Waals surface area contributed by atoms with E-state index in [1.54, 1.807) is 36.4 Å². The monoisotopic (exact) mass is 411 g/mol. The Hall–Kier alpha value is -3.10. The van der Waals surface area contributed by atoms with E-state index in [4.69, 9.17) is 4.74 Å². The number of hydrogen-bond donors (Lipinski definition) is 2. The fourth-order valence-electron chi connectivity index (χ4n) is 3.92. The molecular weight excluding hydrogens is 387 g/mol. The Labute approximate surface area is 173 Å². The summed E-state index contributed by atoms with van der Waals surface area (Å²) in [5, 5.41) is 8.14. The first kappa shape index (κ1) is 20.2. The van der Waals surface area contributed by atoms with Crippen molar-refractivity contribution in [3.8, 4) is 0 Å². The number of benzene rings is 2. The van der Waals surface area contributed by atoms with Crippen LogP contribution in [0.5, 0.6) is 0 Å². The molecule has 2 aromatic carbocycles. The first-order valence-electron chi connectivity index (χ1n) is 9.96. The van der Waals surface area contributed by atoms with Gasteiger partial charge >= 0.3 is 0 Å². The third kappa shape index (κ3) is 4.10. The first-order valence-corrected chi connectivity index (χ1v) is 9.96. The molecule has 2 heterocycles. The molecule has 3 aromatic rings. The lowest BCUT2D eigenvalue weighted by atomic mass is 10.0. The lowest BCUT2D eigenvalue weighted by Crippen LogP contribution is -3.15. The maximum absolute atomic E-state index is 13.4. The van der Waals surface area contributed by atoms with Gasteiger partial charge in [-0.05, 0) is 18.2 Å². The summed E-state index contributed by atoms with van der Waals surface area (Å²) < 4.78 is 20.1. The molecule has 0 unspecified atom stereocenters. The van der Waals surface area contributed by atoms with Gasteiger partial charge in [0.25, 0.3) is 11.5 Å². The number of rotatable bonds is 5. The van der Waals surface area contributed by atoms with E-state index in [-0.39, 0.29) is 29.0 Å². The van der Waals surface area contributed by atoms with Crippen LogP contribution in [-0.2, 0) is 11.8 Å². The van der Waals surface area contributed by atoms with Gasteiger partial charge in [-0.15, -0.1) is 0 Å². The number of hydrogen-bond acceptors (Lipinski definition) is 4. The van der Waals surface area contributed by atoms with Crippen LogP contribution in [0.2, 0.25) is 0 Å². The van der Waals surface area contributed by atoms with Crippen LogP contribution in [0.1, 0.15) is 22.1 Å². The Balaban J connectivity index is 1.60. The SMILES string of the molecule is Cn1nc(C(=O)NC[C@H](c2ccc(F)cc2)[NH+]2CCOCC2)c2ccccc2c1=O. The van der Waals surface area contributed by atoms with Gasteiger partial charge in [0.15, 0.2) is 5.69 Å². The smallest absolute Gasteiger partial charge is 0.274 e. The minimum Gasteiger partial charge on any atom is -0.370 e. The highest BCUT2D eigenvalue weighted by Crippen LogP contribution is 2.14. The van der Waals surface area contributed by atoms with Crippen molar-refractivity contribution >= 4 is 16.7 Å². The van der Waals surface area contributed by atoms with Crippen molar-refractivity contribution in [3.05, 3.63) is 76.0 Å². The number of aromatic nitrogens is 2. The molecule has 1 saturated heterocycles. The van der Waals surface area contributed by atoms with Gasteiger partial charge in [0.2, 0.25) is 0 Å². The topological polar surface area (TPSA) is 77.7 Å². The number of nitrogens with zero attached hydrogens (tertiary/aromatic N) is 2. The summed E-state index contributed by atoms with van der Waals surface area (Å²) in [7, 11) is 1.53. The third-order valence-corrected chi connectivity index (χ3v) is 5.54. The van der Waals surface area contributed by atoms with Gasteiger partial charge < -0.3 is 15.0 Å². The molecule has 7 nitrogen and oxygen atoms in total. The second-order valence-corrected chi connectivity index (χ2v) is 7.41. The summed E-state index contributed by atoms with van der Waals surface area (Å²) in [6.07, 6.45) is 0. The van der Waals surface area contributed by atoms with E-state index in [2.05, 4.69) is 10.4 Å². The molecule has 156 valence electrons. The Morgan fingerprint density at radius 3 is 2.53 bits per heavy atom. The molecule has 0 bridgehead atoms. The summed E-state index contributed by atoms with van der Waals surface area (Å²) >= 11 is 0. The second-order valence-electron chi connectivity index (χ2n) is 7.41. The quantitative estimate of drug-likeness (QED) is 0.640. The molecule has 1 aliphatic rings. The largest absolute Gasteiger partial charge is 0.370 e. The predicted octanol–water partition coefficient (Wildman–Crippen LogP) is 0.459. The van der Waals surface area contributed by atoms with Crippen molar-refractivity contribution in [1.29, 1.82) is 0 Å². The summed E-state index contributed by atoms with van der Waals surface area (Å²) in [6.45, 7) is 3.26. The van der Waals surface area contributed by atoms with E-state index in [0.717, 1.165) is 18.7 Å². The van der Waals surface area contributed by atoms with Crippen LogP contribution in [0.3, 0.4) is 0 Å². The molecule has 1 atom stereocenters. The molecule has 0 radical (unpaired) electrons. The number of morpholine rings is 1. The van der Waals surface area contributed by atoms with Gasteiger partial charge in [0.1, 0.15) is 24.9 Å². The van der Waals surface area contributed by atoms with Crippen molar-refractivity contribution in [2.75, 3.05) is 32.8 Å². The lowest BCUT2D eigenvalue weighted by Gasteiger charge is -2.32. The first-order chi connectivity index (χ1) is 14.5. The summed E-state index contributed by atoms with van der Waals surface area (Å²) in [5.74, 6) is -0.638. The number of quaternary nitrogens is 1. The van der Waals surface area contributed by atoms with Gasteiger partial charge in [-0.25, -0.2) is 9.07 Å². The molecule has 4 rings (SSSR count). The van der Waals surface area contributed by atoms with E-state index in [9.17, 15) is 14.0 Å². The number of nitrogens with one attached hydrogen (secondary N) is 2. The number of halogens is 1. The zero-order valence-corrected chi connectivity index (χ0v) is 16.7. The third-order valence-electron chi connectivity index (χ3n) is 5.54. The summed E-state index contributed by atoms with van der Waals surface area (Å²) in [5.41, 5.74) is 0.915. The molecule has 30 heavy (non-hydrogen) atoms. The Bertz CT molecular complexity index is 1110. The Morgan fingerprint density at radius 2 is 1.83 bits per heavy atom. The lowest BCUT2D eigenvalue weighted by molar-refractivity contribution is -0.937. The van der Waals surface area contributed by atoms with Crippen LogP contribution in [0, 0.1) is 5.82 Å². The summed E-state index contributed by atoms with van der Waals surface area (Å²) in [6, 6.07) is 13.3. The van der Waals surface area contributed by atoms with Gasteiger partial charge in [0, 0.05) is 18.0 Å². The molecule has 8 heteroatoms. The molecule has 1 aliphatic heterocycles. The van der Waals surface area contributed by atoms with Gasteiger partial charge in [-0.2, -0.15) is 5.10 Å². The maximum Gasteiger partial charge on any atom is 0.274 e. The Morgan fingerprint density at radius 1 is 1.17 bits per heavy atom. The van der Waals surface area contributed by atoms with Gasteiger partial charge in [0.05, 0.1) is 25.1 Å². The average Bonchev–Trinajstić information content (AvgIpc) is 2.78. The number of carbonyl (C=O) groups is 1. The molecular formula is C22H24FN4O3+. The zero-order chi connectivity index (χ0) is 21.1. The number of amides is 1. The normalized spacial score (nSPS) is 15.8. The van der Waals surface area contributed by atoms with E-state index >= 15 is 0 Å². The molecule has 1 aromatic heterocycles. The minimum absolute atomic E-state index is 0.0442. The zero-order valence-electron chi connectivity index (χ0n) is 16.7. The standard InChI is InChI=1S/C22H23FN4O3/c1-26-22(29)18-5-3-2-4-17(18)20(25-26)21(28)24-14-19(27-10-12-30-13-11-27)15-6-8-16(23)9-7-15/h2-9,19H,10-14H2,1H3,(H,24,28)/p+1/t19-/m1/s1. The van der Waals surface area contributed by atoms with Crippen LogP contribution in [0.4, 0.5) is 4.39 Å². The van der Waals surface area contributed by atoms with E-state index in [1.165, 1.54) is 28.8 Å². The average molecular weight is 411 g/mol. The predicted molar refractivity (Wildman–Crippen MR) is 110 cm³/mol. The molecule has 0 saturated carbocycles. The fraction of sp³-hybridized carbons (Fsp3) is 0.318. The molecule has 0 spiro atoms. The van der Waals surface area contributed by atoms with Crippen molar-refractivity contribution in [1.82, 2.24) is 15.1 Å². The molecule has 1 amide bonds. The fourth-order valence-corrected chi connectivity index (χ4v) is 3.92. The van der Waals surface area contributed by atoms with Crippen molar-refractivity contribution in [2.24, 2.45) is 7.05 Å². The van der Waals surface area contributed by atoms with Crippen LogP contribution < -0.4 is 15.8 Å². The Kier molecular flexibility index (Phi) is 5.87. The molecule has 1 fully saturated rings. The van der Waals surface area contributed by atoms with Crippen molar-refractivity contribution < 1.29 is 18.8 Å². The molecule has 0 aliphatic carbocycles. The van der Waals surface area contributed by atoms with Crippen molar-refractivity contribution in [3.63, 3.8) is 0 Å². The van der Waals surface area contributed by atoms with Crippen LogP contribution in [0.25, 0.3) is 10.8 Å².